The fraction of sp³-hybridized carbons (Fsp3) is 0.120. The zero-order chi connectivity index (χ0) is 21.7. The van der Waals surface area contributed by atoms with Crippen molar-refractivity contribution in [2.24, 2.45) is 0 Å². The van der Waals surface area contributed by atoms with Crippen LogP contribution in [0.1, 0.15) is 5.56 Å². The summed E-state index contributed by atoms with van der Waals surface area (Å²) >= 11 is 0. The molecule has 1 amide bonds. The Morgan fingerprint density at radius 1 is 0.969 bits per heavy atom. The van der Waals surface area contributed by atoms with Crippen molar-refractivity contribution in [1.82, 2.24) is 19.4 Å². The lowest BCUT2D eigenvalue weighted by atomic mass is 10.0. The molecule has 7 heteroatoms. The van der Waals surface area contributed by atoms with Gasteiger partial charge in [-0.3, -0.25) is 9.59 Å². The summed E-state index contributed by atoms with van der Waals surface area (Å²) in [7, 11) is 0. The van der Waals surface area contributed by atoms with Crippen molar-refractivity contribution in [2.75, 3.05) is 11.4 Å². The van der Waals surface area contributed by atoms with Gasteiger partial charge in [0.25, 0.3) is 5.56 Å². The van der Waals surface area contributed by atoms with E-state index in [-0.39, 0.29) is 18.0 Å². The predicted octanol–water partition coefficient (Wildman–Crippen LogP) is 3.30. The highest BCUT2D eigenvalue weighted by Crippen LogP contribution is 2.28. The molecule has 0 saturated carbocycles. The molecular weight excluding hydrogens is 402 g/mol. The maximum absolute atomic E-state index is 13.1. The summed E-state index contributed by atoms with van der Waals surface area (Å²) < 4.78 is 2.69. The third kappa shape index (κ3) is 2.90. The third-order valence-electron chi connectivity index (χ3n) is 6.03. The fourth-order valence-electron chi connectivity index (χ4n) is 4.44. The SMILES string of the molecule is O=C(Cn1ncn2nc(-c3cccc4ccccc34)cc2c1=O)N1CCc2ccccc21. The maximum atomic E-state index is 13.1. The minimum atomic E-state index is -0.340. The van der Waals surface area contributed by atoms with Crippen molar-refractivity contribution in [2.45, 2.75) is 13.0 Å². The Labute approximate surface area is 183 Å². The molecule has 0 spiro atoms. The van der Waals surface area contributed by atoms with E-state index in [1.807, 2.05) is 66.7 Å². The quantitative estimate of drug-likeness (QED) is 0.448. The van der Waals surface area contributed by atoms with Crippen LogP contribution in [0.25, 0.3) is 27.5 Å². The highest BCUT2D eigenvalue weighted by atomic mass is 16.2. The van der Waals surface area contributed by atoms with E-state index in [1.54, 1.807) is 11.0 Å². The minimum Gasteiger partial charge on any atom is -0.310 e. The Hall–Kier alpha value is -4.26. The number of amides is 1. The first-order chi connectivity index (χ1) is 15.7. The lowest BCUT2D eigenvalue weighted by molar-refractivity contribution is -0.119. The lowest BCUT2D eigenvalue weighted by Crippen LogP contribution is -2.36. The van der Waals surface area contributed by atoms with E-state index in [0.717, 1.165) is 34.0 Å². The van der Waals surface area contributed by atoms with Crippen LogP contribution in [0.3, 0.4) is 0 Å². The van der Waals surface area contributed by atoms with Gasteiger partial charge in [-0.05, 0) is 34.9 Å². The number of fused-ring (bicyclic) bond motifs is 3. The smallest absolute Gasteiger partial charge is 0.293 e. The summed E-state index contributed by atoms with van der Waals surface area (Å²) in [6, 6.07) is 23.7. The Kier molecular flexibility index (Phi) is 4.14. The van der Waals surface area contributed by atoms with Crippen LogP contribution in [0.5, 0.6) is 0 Å². The summed E-state index contributed by atoms with van der Waals surface area (Å²) in [5.74, 6) is -0.150. The molecule has 2 aromatic heterocycles. The van der Waals surface area contributed by atoms with Crippen molar-refractivity contribution in [3.8, 4) is 11.3 Å². The van der Waals surface area contributed by atoms with Crippen LogP contribution in [0, 0.1) is 0 Å². The van der Waals surface area contributed by atoms with Crippen LogP contribution in [0.4, 0.5) is 5.69 Å². The molecule has 1 aliphatic rings. The van der Waals surface area contributed by atoms with Crippen LogP contribution < -0.4 is 10.5 Å². The second-order valence-corrected chi connectivity index (χ2v) is 7.90. The molecule has 0 unspecified atom stereocenters. The normalized spacial score (nSPS) is 13.1. The molecule has 6 rings (SSSR count). The highest BCUT2D eigenvalue weighted by Gasteiger charge is 2.25. The molecule has 0 saturated heterocycles. The van der Waals surface area contributed by atoms with Crippen molar-refractivity contribution in [3.05, 3.63) is 95.0 Å². The maximum Gasteiger partial charge on any atom is 0.293 e. The van der Waals surface area contributed by atoms with E-state index in [9.17, 15) is 9.59 Å². The molecule has 0 atom stereocenters. The van der Waals surface area contributed by atoms with Gasteiger partial charge in [0, 0.05) is 17.8 Å². The Balaban J connectivity index is 1.36. The molecule has 0 aliphatic carbocycles. The molecule has 1 aliphatic heterocycles. The molecule has 0 bridgehead atoms. The van der Waals surface area contributed by atoms with Gasteiger partial charge in [0.05, 0.1) is 5.69 Å². The first-order valence-corrected chi connectivity index (χ1v) is 10.5. The van der Waals surface area contributed by atoms with Crippen LogP contribution in [0.2, 0.25) is 0 Å². The van der Waals surface area contributed by atoms with Gasteiger partial charge < -0.3 is 4.90 Å². The van der Waals surface area contributed by atoms with Crippen LogP contribution in [-0.2, 0) is 17.8 Å². The minimum absolute atomic E-state index is 0.113. The van der Waals surface area contributed by atoms with E-state index in [2.05, 4.69) is 10.2 Å². The van der Waals surface area contributed by atoms with E-state index < -0.39 is 0 Å². The van der Waals surface area contributed by atoms with Crippen LogP contribution in [-0.4, -0.2) is 31.8 Å². The second kappa shape index (κ2) is 7.16. The van der Waals surface area contributed by atoms with Gasteiger partial charge in [-0.1, -0.05) is 60.7 Å². The zero-order valence-corrected chi connectivity index (χ0v) is 17.2. The van der Waals surface area contributed by atoms with Crippen LogP contribution in [0.15, 0.2) is 83.9 Å². The van der Waals surface area contributed by atoms with E-state index in [4.69, 9.17) is 0 Å². The topological polar surface area (TPSA) is 72.5 Å². The summed E-state index contributed by atoms with van der Waals surface area (Å²) in [5, 5.41) is 10.9. The average molecular weight is 421 g/mol. The summed E-state index contributed by atoms with van der Waals surface area (Å²) in [4.78, 5) is 27.8. The van der Waals surface area contributed by atoms with Gasteiger partial charge in [-0.15, -0.1) is 0 Å². The molecule has 0 N–H and O–H groups in total. The highest BCUT2D eigenvalue weighted by molar-refractivity contribution is 5.96. The van der Waals surface area contributed by atoms with E-state index in [1.165, 1.54) is 15.5 Å². The first-order valence-electron chi connectivity index (χ1n) is 10.5. The van der Waals surface area contributed by atoms with Crippen molar-refractivity contribution >= 4 is 27.9 Å². The summed E-state index contributed by atoms with van der Waals surface area (Å²) in [6.45, 7) is 0.505. The summed E-state index contributed by atoms with van der Waals surface area (Å²) in [6.07, 6.45) is 2.30. The Bertz CT molecular complexity index is 1560. The van der Waals surface area contributed by atoms with Gasteiger partial charge in [0.2, 0.25) is 5.91 Å². The number of carbonyl (C=O) groups excluding carboxylic acids is 1. The number of rotatable bonds is 3. The van der Waals surface area contributed by atoms with Crippen molar-refractivity contribution < 1.29 is 4.79 Å². The van der Waals surface area contributed by atoms with Crippen molar-refractivity contribution in [3.63, 3.8) is 0 Å². The number of hydrogen-bond acceptors (Lipinski definition) is 4. The predicted molar refractivity (Wildman–Crippen MR) is 123 cm³/mol. The molecule has 32 heavy (non-hydrogen) atoms. The molecule has 156 valence electrons. The van der Waals surface area contributed by atoms with Gasteiger partial charge in [0.15, 0.2) is 0 Å². The standard InChI is InChI=1S/C25H19N5O2/c31-24(28-13-12-18-7-2-4-11-22(18)28)15-29-25(32)23-14-21(27-30(23)16-26-29)20-10-5-8-17-6-1-3-9-19(17)20/h1-11,14,16H,12-13,15H2. The van der Waals surface area contributed by atoms with Gasteiger partial charge in [-0.2, -0.15) is 10.2 Å². The number of hydrogen-bond donors (Lipinski definition) is 0. The van der Waals surface area contributed by atoms with Gasteiger partial charge in [0.1, 0.15) is 18.4 Å². The fourth-order valence-corrected chi connectivity index (χ4v) is 4.44. The average Bonchev–Trinajstić information content (AvgIpc) is 3.45. The lowest BCUT2D eigenvalue weighted by Gasteiger charge is -2.17. The molecule has 7 nitrogen and oxygen atoms in total. The Morgan fingerprint density at radius 3 is 2.72 bits per heavy atom. The first kappa shape index (κ1) is 18.5. The summed E-state index contributed by atoms with van der Waals surface area (Å²) in [5.41, 5.74) is 3.74. The molecule has 0 fully saturated rings. The molecule has 5 aromatic rings. The van der Waals surface area contributed by atoms with Gasteiger partial charge >= 0.3 is 0 Å². The third-order valence-corrected chi connectivity index (χ3v) is 6.03. The molecule has 0 radical (unpaired) electrons. The largest absolute Gasteiger partial charge is 0.310 e. The van der Waals surface area contributed by atoms with E-state index in [0.29, 0.717) is 17.8 Å². The van der Waals surface area contributed by atoms with Gasteiger partial charge in [-0.25, -0.2) is 9.20 Å². The van der Waals surface area contributed by atoms with E-state index >= 15 is 0 Å². The van der Waals surface area contributed by atoms with Crippen molar-refractivity contribution in [1.29, 1.82) is 0 Å². The number of aromatic nitrogens is 4. The second-order valence-electron chi connectivity index (χ2n) is 7.90. The number of carbonyl (C=O) groups is 1. The number of para-hydroxylation sites is 1. The molecular formula is C25H19N5O2. The number of nitrogens with zero attached hydrogens (tertiary/aromatic N) is 5. The number of benzene rings is 3. The monoisotopic (exact) mass is 421 g/mol. The van der Waals surface area contributed by atoms with Crippen LogP contribution >= 0.6 is 0 Å². The Morgan fingerprint density at radius 2 is 1.78 bits per heavy atom. The molecule has 3 aromatic carbocycles. The zero-order valence-electron chi connectivity index (χ0n) is 17.2. The number of anilines is 1. The molecule has 3 heterocycles.